The van der Waals surface area contributed by atoms with E-state index >= 15 is 0 Å². The summed E-state index contributed by atoms with van der Waals surface area (Å²) in [6.07, 6.45) is 0.700. The zero-order valence-corrected chi connectivity index (χ0v) is 14.5. The normalized spacial score (nSPS) is 11.2. The highest BCUT2D eigenvalue weighted by Gasteiger charge is 2.19. The number of aromatic nitrogens is 1. The summed E-state index contributed by atoms with van der Waals surface area (Å²) in [6, 6.07) is 12.1. The summed E-state index contributed by atoms with van der Waals surface area (Å²) in [5.74, 6) is -0.115. The molecule has 0 radical (unpaired) electrons. The number of fused-ring (bicyclic) bond motifs is 1. The molecule has 0 fully saturated rings. The lowest BCUT2D eigenvalue weighted by Crippen LogP contribution is -2.32. The first-order chi connectivity index (χ1) is 10.9. The monoisotopic (exact) mass is 308 g/mol. The molecule has 0 spiro atoms. The molecule has 0 saturated carbocycles. The van der Waals surface area contributed by atoms with Gasteiger partial charge in [0.2, 0.25) is 11.2 Å². The highest BCUT2D eigenvalue weighted by atomic mass is 19.1. The molecular weight excluding hydrogens is 285 g/mol. The third kappa shape index (κ3) is 2.52. The Kier molecular flexibility index (Phi) is 3.93. The van der Waals surface area contributed by atoms with Gasteiger partial charge in [-0.3, -0.25) is 0 Å². The highest BCUT2D eigenvalue weighted by Crippen LogP contribution is 2.28. The second-order valence-corrected chi connectivity index (χ2v) is 6.34. The molecule has 0 unspecified atom stereocenters. The van der Waals surface area contributed by atoms with Gasteiger partial charge in [-0.1, -0.05) is 18.6 Å². The van der Waals surface area contributed by atoms with Gasteiger partial charge < -0.3 is 0 Å². The molecule has 3 rings (SSSR count). The summed E-state index contributed by atoms with van der Waals surface area (Å²) < 4.78 is 16.2. The minimum absolute atomic E-state index is 0.115. The first kappa shape index (κ1) is 15.7. The lowest BCUT2D eigenvalue weighted by atomic mass is 9.96. The minimum Gasteiger partial charge on any atom is -0.207 e. The van der Waals surface area contributed by atoms with E-state index in [1.165, 1.54) is 22.3 Å². The van der Waals surface area contributed by atoms with Crippen LogP contribution in [-0.2, 0) is 13.5 Å². The molecule has 1 aromatic heterocycles. The Morgan fingerprint density at radius 2 is 1.74 bits per heavy atom. The zero-order chi connectivity index (χ0) is 16.7. The van der Waals surface area contributed by atoms with E-state index in [0.29, 0.717) is 6.42 Å². The van der Waals surface area contributed by atoms with Gasteiger partial charge in [0.25, 0.3) is 0 Å². The van der Waals surface area contributed by atoms with Crippen molar-refractivity contribution in [3.8, 4) is 11.3 Å². The van der Waals surface area contributed by atoms with Gasteiger partial charge in [-0.15, -0.1) is 0 Å². The summed E-state index contributed by atoms with van der Waals surface area (Å²) in [5, 5.41) is 1.00. The SMILES string of the molecule is CCc1c(F)ccc2c1ccc(-c1cc(C)cc(C)c1C)[n+]2C. The number of rotatable bonds is 2. The molecule has 0 saturated heterocycles. The smallest absolute Gasteiger partial charge is 0.207 e. The molecule has 23 heavy (non-hydrogen) atoms. The largest absolute Gasteiger partial charge is 0.213 e. The molecule has 2 aromatic carbocycles. The summed E-state index contributed by atoms with van der Waals surface area (Å²) in [4.78, 5) is 0. The fourth-order valence-corrected chi connectivity index (χ4v) is 3.44. The third-order valence-corrected chi connectivity index (χ3v) is 4.85. The Morgan fingerprint density at radius 3 is 2.43 bits per heavy atom. The molecule has 2 heteroatoms. The number of hydrogen-bond acceptors (Lipinski definition) is 0. The van der Waals surface area contributed by atoms with Crippen LogP contribution in [-0.4, -0.2) is 0 Å². The molecule has 0 aliphatic heterocycles. The van der Waals surface area contributed by atoms with Crippen LogP contribution >= 0.6 is 0 Å². The van der Waals surface area contributed by atoms with Crippen LogP contribution in [0.3, 0.4) is 0 Å². The standard InChI is InChI=1S/C21H23FN/c1-6-16-17-7-9-21(23(5)20(17)10-8-19(16)22)18-12-13(2)11-14(3)15(18)4/h7-12H,6H2,1-5H3/q+1. The third-order valence-electron chi connectivity index (χ3n) is 4.85. The van der Waals surface area contributed by atoms with Gasteiger partial charge in [0.05, 0.1) is 5.39 Å². The van der Waals surface area contributed by atoms with Gasteiger partial charge in [-0.2, -0.15) is 4.57 Å². The number of halogens is 1. The molecule has 0 aliphatic rings. The predicted octanol–water partition coefficient (Wildman–Crippen LogP) is 4.96. The van der Waals surface area contributed by atoms with Gasteiger partial charge in [0, 0.05) is 23.3 Å². The summed E-state index contributed by atoms with van der Waals surface area (Å²) in [5.41, 5.74) is 8.12. The average molecular weight is 308 g/mol. The van der Waals surface area contributed by atoms with E-state index in [1.54, 1.807) is 6.07 Å². The van der Waals surface area contributed by atoms with Crippen LogP contribution in [0.4, 0.5) is 4.39 Å². The van der Waals surface area contributed by atoms with E-state index in [1.807, 2.05) is 13.0 Å². The number of hydrogen-bond donors (Lipinski definition) is 0. The Labute approximate surface area is 137 Å². The van der Waals surface area contributed by atoms with Crippen molar-refractivity contribution in [1.82, 2.24) is 0 Å². The van der Waals surface area contributed by atoms with Crippen molar-refractivity contribution in [3.63, 3.8) is 0 Å². The highest BCUT2D eigenvalue weighted by molar-refractivity contribution is 5.82. The predicted molar refractivity (Wildman–Crippen MR) is 94.1 cm³/mol. The fraction of sp³-hybridized carbons (Fsp3) is 0.286. The van der Waals surface area contributed by atoms with Crippen LogP contribution in [0.25, 0.3) is 22.2 Å². The van der Waals surface area contributed by atoms with Crippen LogP contribution in [0, 0.1) is 26.6 Å². The molecule has 3 aromatic rings. The Hall–Kier alpha value is -2.22. The van der Waals surface area contributed by atoms with Crippen LogP contribution in [0.2, 0.25) is 0 Å². The topological polar surface area (TPSA) is 3.88 Å². The first-order valence-electron chi connectivity index (χ1n) is 8.12. The molecule has 1 heterocycles. The van der Waals surface area contributed by atoms with Crippen molar-refractivity contribution >= 4 is 10.9 Å². The number of nitrogens with zero attached hydrogens (tertiary/aromatic N) is 1. The Bertz CT molecular complexity index is 910. The van der Waals surface area contributed by atoms with Crippen molar-refractivity contribution in [1.29, 1.82) is 0 Å². The summed E-state index contributed by atoms with van der Waals surface area (Å²) in [7, 11) is 2.06. The van der Waals surface area contributed by atoms with Crippen LogP contribution in [0.1, 0.15) is 29.2 Å². The summed E-state index contributed by atoms with van der Waals surface area (Å²) in [6.45, 7) is 8.44. The second kappa shape index (κ2) is 5.77. The van der Waals surface area contributed by atoms with E-state index in [9.17, 15) is 4.39 Å². The van der Waals surface area contributed by atoms with Crippen molar-refractivity contribution in [2.45, 2.75) is 34.1 Å². The van der Waals surface area contributed by atoms with Gasteiger partial charge in [0.1, 0.15) is 12.9 Å². The Balaban J connectivity index is 2.33. The van der Waals surface area contributed by atoms with E-state index in [2.05, 4.69) is 56.7 Å². The van der Waals surface area contributed by atoms with E-state index in [-0.39, 0.29) is 5.82 Å². The van der Waals surface area contributed by atoms with E-state index in [4.69, 9.17) is 0 Å². The van der Waals surface area contributed by atoms with Crippen LogP contribution in [0.15, 0.2) is 36.4 Å². The lowest BCUT2D eigenvalue weighted by molar-refractivity contribution is -0.633. The maximum Gasteiger partial charge on any atom is 0.213 e. The van der Waals surface area contributed by atoms with Crippen molar-refractivity contribution in [3.05, 3.63) is 64.5 Å². The van der Waals surface area contributed by atoms with Crippen molar-refractivity contribution < 1.29 is 8.96 Å². The van der Waals surface area contributed by atoms with Crippen molar-refractivity contribution in [2.24, 2.45) is 7.05 Å². The Morgan fingerprint density at radius 1 is 1.00 bits per heavy atom. The number of pyridine rings is 1. The first-order valence-corrected chi connectivity index (χ1v) is 8.12. The fourth-order valence-electron chi connectivity index (χ4n) is 3.44. The molecule has 118 valence electrons. The summed E-state index contributed by atoms with van der Waals surface area (Å²) >= 11 is 0. The van der Waals surface area contributed by atoms with Gasteiger partial charge in [-0.05, 0) is 56.5 Å². The van der Waals surface area contributed by atoms with Gasteiger partial charge in [0.15, 0.2) is 0 Å². The average Bonchev–Trinajstić information content (AvgIpc) is 2.51. The van der Waals surface area contributed by atoms with Crippen LogP contribution in [0.5, 0.6) is 0 Å². The van der Waals surface area contributed by atoms with Gasteiger partial charge >= 0.3 is 0 Å². The molecule has 0 aliphatic carbocycles. The maximum absolute atomic E-state index is 14.0. The second-order valence-electron chi connectivity index (χ2n) is 6.34. The molecular formula is C21H23FN+. The lowest BCUT2D eigenvalue weighted by Gasteiger charge is -2.11. The molecule has 0 bridgehead atoms. The van der Waals surface area contributed by atoms with Crippen molar-refractivity contribution in [2.75, 3.05) is 0 Å². The molecule has 1 nitrogen and oxygen atoms in total. The molecule has 0 atom stereocenters. The maximum atomic E-state index is 14.0. The van der Waals surface area contributed by atoms with E-state index < -0.39 is 0 Å². The van der Waals surface area contributed by atoms with Gasteiger partial charge in [-0.25, -0.2) is 4.39 Å². The minimum atomic E-state index is -0.115. The molecule has 0 amide bonds. The van der Waals surface area contributed by atoms with E-state index in [0.717, 1.165) is 22.2 Å². The number of benzene rings is 2. The van der Waals surface area contributed by atoms with Crippen LogP contribution < -0.4 is 4.57 Å². The zero-order valence-electron chi connectivity index (χ0n) is 14.5. The quantitative estimate of drug-likeness (QED) is 0.589. The molecule has 0 N–H and O–H groups in total. The number of aryl methyl sites for hydroxylation is 4.